The molecule has 2 heteroatoms. The predicted octanol–water partition coefficient (Wildman–Crippen LogP) is 3.47. The van der Waals surface area contributed by atoms with Crippen LogP contribution in [0.5, 0.6) is 0 Å². The lowest BCUT2D eigenvalue weighted by molar-refractivity contribution is 0.183. The fourth-order valence-electron chi connectivity index (χ4n) is 2.71. The van der Waals surface area contributed by atoms with Gasteiger partial charge < -0.3 is 11.2 Å². The van der Waals surface area contributed by atoms with E-state index >= 15 is 0 Å². The standard InChI is InChI=1S/C15H25N.H2O/c1-4-12-15(5-2,6-3)14(16)13-10-8-7-9-11-13;/h7-11,14H,4-6,12,16H2,1-3H3;1H2. The molecule has 0 aliphatic carbocycles. The molecule has 0 aliphatic heterocycles. The molecule has 0 saturated carbocycles. The van der Waals surface area contributed by atoms with Crippen molar-refractivity contribution in [2.24, 2.45) is 11.1 Å². The molecule has 0 heterocycles. The average Bonchev–Trinajstić information content (AvgIpc) is 2.36. The van der Waals surface area contributed by atoms with Crippen LogP contribution in [0.4, 0.5) is 0 Å². The molecule has 0 fully saturated rings. The molecule has 0 spiro atoms. The summed E-state index contributed by atoms with van der Waals surface area (Å²) in [5.74, 6) is 0. The van der Waals surface area contributed by atoms with E-state index in [-0.39, 0.29) is 16.9 Å². The van der Waals surface area contributed by atoms with E-state index in [0.29, 0.717) is 0 Å². The van der Waals surface area contributed by atoms with Gasteiger partial charge in [0.2, 0.25) is 0 Å². The summed E-state index contributed by atoms with van der Waals surface area (Å²) in [7, 11) is 0. The molecule has 1 atom stereocenters. The van der Waals surface area contributed by atoms with Crippen LogP contribution < -0.4 is 5.73 Å². The van der Waals surface area contributed by atoms with Crippen molar-refractivity contribution in [1.29, 1.82) is 0 Å². The summed E-state index contributed by atoms with van der Waals surface area (Å²) in [5.41, 5.74) is 8.03. The number of benzene rings is 1. The summed E-state index contributed by atoms with van der Waals surface area (Å²) in [6, 6.07) is 10.7. The van der Waals surface area contributed by atoms with Crippen LogP contribution in [0.1, 0.15) is 58.1 Å². The minimum atomic E-state index is 0. The molecule has 4 N–H and O–H groups in total. The zero-order valence-corrected chi connectivity index (χ0v) is 11.4. The SMILES string of the molecule is CCCC(CC)(CC)C(N)c1ccccc1.O. The van der Waals surface area contributed by atoms with Crippen LogP contribution >= 0.6 is 0 Å². The summed E-state index contributed by atoms with van der Waals surface area (Å²) in [4.78, 5) is 0. The van der Waals surface area contributed by atoms with E-state index in [0.717, 1.165) is 12.8 Å². The van der Waals surface area contributed by atoms with Crippen molar-refractivity contribution >= 4 is 0 Å². The minimum Gasteiger partial charge on any atom is -0.412 e. The topological polar surface area (TPSA) is 57.5 Å². The second-order valence-corrected chi connectivity index (χ2v) is 4.71. The monoisotopic (exact) mass is 237 g/mol. The third-order valence-electron chi connectivity index (χ3n) is 3.97. The van der Waals surface area contributed by atoms with Crippen molar-refractivity contribution < 1.29 is 5.48 Å². The van der Waals surface area contributed by atoms with Gasteiger partial charge in [-0.15, -0.1) is 0 Å². The van der Waals surface area contributed by atoms with E-state index < -0.39 is 0 Å². The molecule has 0 saturated heterocycles. The van der Waals surface area contributed by atoms with E-state index in [9.17, 15) is 0 Å². The molecule has 1 aromatic rings. The molecule has 1 unspecified atom stereocenters. The van der Waals surface area contributed by atoms with Gasteiger partial charge >= 0.3 is 0 Å². The van der Waals surface area contributed by atoms with E-state index in [4.69, 9.17) is 5.73 Å². The molecule has 1 aromatic carbocycles. The van der Waals surface area contributed by atoms with Gasteiger partial charge in [-0.1, -0.05) is 57.5 Å². The normalized spacial score (nSPS) is 12.9. The Balaban J connectivity index is 0.00000256. The van der Waals surface area contributed by atoms with Gasteiger partial charge in [-0.2, -0.15) is 0 Å². The lowest BCUT2D eigenvalue weighted by atomic mass is 9.70. The lowest BCUT2D eigenvalue weighted by Gasteiger charge is -2.38. The van der Waals surface area contributed by atoms with E-state index in [1.54, 1.807) is 0 Å². The molecule has 0 bridgehead atoms. The molecule has 2 nitrogen and oxygen atoms in total. The molecule has 17 heavy (non-hydrogen) atoms. The summed E-state index contributed by atoms with van der Waals surface area (Å²) >= 11 is 0. The zero-order valence-electron chi connectivity index (χ0n) is 11.4. The second kappa shape index (κ2) is 7.46. The Morgan fingerprint density at radius 1 is 1.06 bits per heavy atom. The van der Waals surface area contributed by atoms with Gasteiger partial charge in [-0.3, -0.25) is 0 Å². The molecule has 0 amide bonds. The number of rotatable bonds is 6. The van der Waals surface area contributed by atoms with E-state index in [1.807, 2.05) is 0 Å². The summed E-state index contributed by atoms with van der Waals surface area (Å²) in [6.45, 7) is 6.78. The molecular formula is C15H27NO. The first-order valence-electron chi connectivity index (χ1n) is 6.50. The van der Waals surface area contributed by atoms with Crippen LogP contribution in [0.3, 0.4) is 0 Å². The van der Waals surface area contributed by atoms with Crippen molar-refractivity contribution in [2.45, 2.75) is 52.5 Å². The van der Waals surface area contributed by atoms with E-state index in [1.165, 1.54) is 18.4 Å². The molecule has 98 valence electrons. The van der Waals surface area contributed by atoms with Gasteiger partial charge in [0.15, 0.2) is 0 Å². The van der Waals surface area contributed by atoms with Gasteiger partial charge in [0, 0.05) is 6.04 Å². The lowest BCUT2D eigenvalue weighted by Crippen LogP contribution is -2.33. The van der Waals surface area contributed by atoms with Gasteiger partial charge in [-0.05, 0) is 30.2 Å². The summed E-state index contributed by atoms with van der Waals surface area (Å²) < 4.78 is 0. The smallest absolute Gasteiger partial charge is 0.0351 e. The van der Waals surface area contributed by atoms with Crippen LogP contribution in [0.15, 0.2) is 30.3 Å². The Morgan fingerprint density at radius 3 is 2.00 bits per heavy atom. The average molecular weight is 237 g/mol. The van der Waals surface area contributed by atoms with Crippen LogP contribution in [-0.4, -0.2) is 5.48 Å². The quantitative estimate of drug-likeness (QED) is 0.809. The Hall–Kier alpha value is -0.860. The van der Waals surface area contributed by atoms with Gasteiger partial charge in [0.25, 0.3) is 0 Å². The molecule has 0 radical (unpaired) electrons. The van der Waals surface area contributed by atoms with Crippen LogP contribution in [0.25, 0.3) is 0 Å². The van der Waals surface area contributed by atoms with Gasteiger partial charge in [0.1, 0.15) is 0 Å². The highest BCUT2D eigenvalue weighted by atomic mass is 16.0. The predicted molar refractivity (Wildman–Crippen MR) is 74.9 cm³/mol. The minimum absolute atomic E-state index is 0. The largest absolute Gasteiger partial charge is 0.412 e. The van der Waals surface area contributed by atoms with Gasteiger partial charge in [-0.25, -0.2) is 0 Å². The van der Waals surface area contributed by atoms with Gasteiger partial charge in [0.05, 0.1) is 0 Å². The van der Waals surface area contributed by atoms with Crippen molar-refractivity contribution in [3.63, 3.8) is 0 Å². The fourth-order valence-corrected chi connectivity index (χ4v) is 2.71. The van der Waals surface area contributed by atoms with Crippen LogP contribution in [0, 0.1) is 5.41 Å². The summed E-state index contributed by atoms with van der Waals surface area (Å²) in [6.07, 6.45) is 4.75. The fraction of sp³-hybridized carbons (Fsp3) is 0.600. The summed E-state index contributed by atoms with van der Waals surface area (Å²) in [5, 5.41) is 0. The van der Waals surface area contributed by atoms with E-state index in [2.05, 4.69) is 51.1 Å². The Kier molecular flexibility index (Phi) is 7.09. The maximum absolute atomic E-state index is 6.48. The number of nitrogens with two attached hydrogens (primary N) is 1. The molecule has 0 aliphatic rings. The Bertz CT molecular complexity index is 293. The van der Waals surface area contributed by atoms with Crippen molar-refractivity contribution in [3.05, 3.63) is 35.9 Å². The third kappa shape index (κ3) is 3.55. The van der Waals surface area contributed by atoms with Crippen LogP contribution in [-0.2, 0) is 0 Å². The highest BCUT2D eigenvalue weighted by Gasteiger charge is 2.33. The molecular weight excluding hydrogens is 210 g/mol. The van der Waals surface area contributed by atoms with Crippen molar-refractivity contribution in [2.75, 3.05) is 0 Å². The number of hydrogen-bond acceptors (Lipinski definition) is 1. The molecule has 1 rings (SSSR count). The Labute approximate surface area is 106 Å². The van der Waals surface area contributed by atoms with Crippen molar-refractivity contribution in [1.82, 2.24) is 0 Å². The highest BCUT2D eigenvalue weighted by Crippen LogP contribution is 2.42. The van der Waals surface area contributed by atoms with Crippen LogP contribution in [0.2, 0.25) is 0 Å². The number of hydrogen-bond donors (Lipinski definition) is 1. The maximum atomic E-state index is 6.48. The van der Waals surface area contributed by atoms with Crippen molar-refractivity contribution in [3.8, 4) is 0 Å². The first kappa shape index (κ1) is 16.1. The highest BCUT2D eigenvalue weighted by molar-refractivity contribution is 5.21. The zero-order chi connectivity index (χ0) is 12.0. The first-order valence-corrected chi connectivity index (χ1v) is 6.50. The second-order valence-electron chi connectivity index (χ2n) is 4.71. The first-order chi connectivity index (χ1) is 7.70. The Morgan fingerprint density at radius 2 is 1.59 bits per heavy atom. The maximum Gasteiger partial charge on any atom is 0.0351 e. The third-order valence-corrected chi connectivity index (χ3v) is 3.97. The molecule has 0 aromatic heterocycles.